The summed E-state index contributed by atoms with van der Waals surface area (Å²) in [6.07, 6.45) is 1.22. The molecule has 1 aromatic carbocycles. The van der Waals surface area contributed by atoms with E-state index in [0.717, 1.165) is 12.8 Å². The van der Waals surface area contributed by atoms with Gasteiger partial charge in [-0.2, -0.15) is 0 Å². The van der Waals surface area contributed by atoms with Gasteiger partial charge in [-0.3, -0.25) is 10.1 Å². The van der Waals surface area contributed by atoms with E-state index < -0.39 is 10.5 Å². The Kier molecular flexibility index (Phi) is 5.54. The van der Waals surface area contributed by atoms with Crippen LogP contribution in [0.25, 0.3) is 0 Å². The number of ether oxygens (including phenoxy) is 1. The molecule has 0 unspecified atom stereocenters. The number of halogens is 1. The normalized spacial score (nSPS) is 15.9. The van der Waals surface area contributed by atoms with Gasteiger partial charge >= 0.3 is 6.09 Å². The van der Waals surface area contributed by atoms with Crippen molar-refractivity contribution in [2.24, 2.45) is 0 Å². The molecular formula is C16H22ClN3O4. The quantitative estimate of drug-likeness (QED) is 0.652. The van der Waals surface area contributed by atoms with Crippen LogP contribution in [0.15, 0.2) is 18.2 Å². The molecule has 0 saturated carbocycles. The molecule has 8 heteroatoms. The number of nitro benzene ring substituents is 1. The van der Waals surface area contributed by atoms with Crippen LogP contribution in [-0.4, -0.2) is 40.6 Å². The van der Waals surface area contributed by atoms with Gasteiger partial charge < -0.3 is 15.0 Å². The number of nitro groups is 1. The summed E-state index contributed by atoms with van der Waals surface area (Å²) in [4.78, 5) is 24.0. The van der Waals surface area contributed by atoms with Crippen LogP contribution in [0, 0.1) is 10.1 Å². The lowest BCUT2D eigenvalue weighted by Gasteiger charge is -2.34. The van der Waals surface area contributed by atoms with Crippen molar-refractivity contribution in [1.82, 2.24) is 4.90 Å². The number of hydrogen-bond donors (Lipinski definition) is 1. The maximum atomic E-state index is 12.0. The first-order valence-corrected chi connectivity index (χ1v) is 8.22. The first kappa shape index (κ1) is 18.3. The molecule has 0 aliphatic carbocycles. The summed E-state index contributed by atoms with van der Waals surface area (Å²) in [7, 11) is 0. The molecule has 1 fully saturated rings. The number of carbonyl (C=O) groups excluding carboxylic acids is 1. The van der Waals surface area contributed by atoms with Crippen molar-refractivity contribution in [3.63, 3.8) is 0 Å². The van der Waals surface area contributed by atoms with Crippen molar-refractivity contribution in [3.8, 4) is 0 Å². The van der Waals surface area contributed by atoms with E-state index in [2.05, 4.69) is 5.32 Å². The van der Waals surface area contributed by atoms with Crippen LogP contribution in [0.5, 0.6) is 0 Å². The average Bonchev–Trinajstić information content (AvgIpc) is 2.48. The molecule has 1 heterocycles. The Bertz CT molecular complexity index is 622. The van der Waals surface area contributed by atoms with Crippen LogP contribution in [0.4, 0.5) is 16.2 Å². The van der Waals surface area contributed by atoms with E-state index in [1.165, 1.54) is 12.1 Å². The second-order valence-corrected chi connectivity index (χ2v) is 7.21. The number of amides is 1. The molecular weight excluding hydrogens is 334 g/mol. The Morgan fingerprint density at radius 2 is 2.00 bits per heavy atom. The Morgan fingerprint density at radius 3 is 2.50 bits per heavy atom. The van der Waals surface area contributed by atoms with Gasteiger partial charge in [0.1, 0.15) is 5.60 Å². The standard InChI is InChI=1S/C16H22ClN3O4/c1-16(2,3)24-15(21)19-8-6-11(7-9-19)18-14-5-4-12(20(22)23)10-13(14)17/h4-5,10-11,18H,6-9H2,1-3H3. The second kappa shape index (κ2) is 7.25. The molecule has 7 nitrogen and oxygen atoms in total. The zero-order chi connectivity index (χ0) is 17.9. The fraction of sp³-hybridized carbons (Fsp3) is 0.562. The van der Waals surface area contributed by atoms with Crippen LogP contribution in [0.1, 0.15) is 33.6 Å². The maximum Gasteiger partial charge on any atom is 0.410 e. The fourth-order valence-corrected chi connectivity index (χ4v) is 2.72. The summed E-state index contributed by atoms with van der Waals surface area (Å²) in [5.41, 5.74) is 0.127. The Hall–Kier alpha value is -2.02. The monoisotopic (exact) mass is 355 g/mol. The molecule has 1 aliphatic rings. The highest BCUT2D eigenvalue weighted by molar-refractivity contribution is 6.33. The van der Waals surface area contributed by atoms with Gasteiger partial charge in [0, 0.05) is 31.3 Å². The van der Waals surface area contributed by atoms with Crippen molar-refractivity contribution in [3.05, 3.63) is 33.3 Å². The van der Waals surface area contributed by atoms with Crippen LogP contribution >= 0.6 is 11.6 Å². The number of benzene rings is 1. The van der Waals surface area contributed by atoms with Crippen molar-refractivity contribution in [2.75, 3.05) is 18.4 Å². The number of rotatable bonds is 3. The third-order valence-electron chi connectivity index (χ3n) is 3.67. The average molecular weight is 356 g/mol. The molecule has 1 N–H and O–H groups in total. The minimum Gasteiger partial charge on any atom is -0.444 e. The molecule has 132 valence electrons. The SMILES string of the molecule is CC(C)(C)OC(=O)N1CCC(Nc2ccc([N+](=O)[O-])cc2Cl)CC1. The van der Waals surface area contributed by atoms with Crippen molar-refractivity contribution in [1.29, 1.82) is 0 Å². The van der Waals surface area contributed by atoms with Crippen LogP contribution in [0.2, 0.25) is 5.02 Å². The van der Waals surface area contributed by atoms with Crippen LogP contribution in [0.3, 0.4) is 0 Å². The summed E-state index contributed by atoms with van der Waals surface area (Å²) in [5, 5.41) is 14.3. The zero-order valence-electron chi connectivity index (χ0n) is 14.0. The number of carbonyl (C=O) groups is 1. The smallest absolute Gasteiger partial charge is 0.410 e. The van der Waals surface area contributed by atoms with Gasteiger partial charge in [-0.1, -0.05) is 11.6 Å². The fourth-order valence-electron chi connectivity index (χ4n) is 2.49. The summed E-state index contributed by atoms with van der Waals surface area (Å²) in [6, 6.07) is 4.52. The molecule has 1 aromatic rings. The first-order chi connectivity index (χ1) is 11.2. The minimum atomic E-state index is -0.502. The maximum absolute atomic E-state index is 12.0. The van der Waals surface area contributed by atoms with E-state index in [1.54, 1.807) is 11.0 Å². The van der Waals surface area contributed by atoms with Gasteiger partial charge in [0.2, 0.25) is 0 Å². The topological polar surface area (TPSA) is 84.7 Å². The minimum absolute atomic E-state index is 0.0368. The summed E-state index contributed by atoms with van der Waals surface area (Å²) in [6.45, 7) is 6.72. The Labute approximate surface area is 146 Å². The lowest BCUT2D eigenvalue weighted by atomic mass is 10.0. The van der Waals surface area contributed by atoms with Crippen molar-refractivity contribution >= 4 is 29.1 Å². The van der Waals surface area contributed by atoms with E-state index >= 15 is 0 Å². The predicted molar refractivity (Wildman–Crippen MR) is 92.6 cm³/mol. The van der Waals surface area contributed by atoms with Crippen LogP contribution < -0.4 is 5.32 Å². The molecule has 0 aromatic heterocycles. The van der Waals surface area contributed by atoms with Gasteiger partial charge in [-0.05, 0) is 39.7 Å². The first-order valence-electron chi connectivity index (χ1n) is 7.84. The number of piperidine rings is 1. The molecule has 1 amide bonds. The summed E-state index contributed by atoms with van der Waals surface area (Å²) in [5.74, 6) is 0. The number of nitrogens with zero attached hydrogens (tertiary/aromatic N) is 2. The van der Waals surface area contributed by atoms with Gasteiger partial charge in [-0.15, -0.1) is 0 Å². The van der Waals surface area contributed by atoms with Gasteiger partial charge in [0.05, 0.1) is 15.6 Å². The number of likely N-dealkylation sites (tertiary alicyclic amines) is 1. The lowest BCUT2D eigenvalue weighted by molar-refractivity contribution is -0.384. The van der Waals surface area contributed by atoms with E-state index in [4.69, 9.17) is 16.3 Å². The molecule has 0 spiro atoms. The van der Waals surface area contributed by atoms with E-state index in [1.807, 2.05) is 20.8 Å². The molecule has 1 aliphatic heterocycles. The van der Waals surface area contributed by atoms with E-state index in [0.29, 0.717) is 23.8 Å². The Morgan fingerprint density at radius 1 is 1.38 bits per heavy atom. The zero-order valence-corrected chi connectivity index (χ0v) is 14.8. The Balaban J connectivity index is 1.89. The van der Waals surface area contributed by atoms with E-state index in [9.17, 15) is 14.9 Å². The molecule has 0 radical (unpaired) electrons. The third-order valence-corrected chi connectivity index (χ3v) is 3.98. The van der Waals surface area contributed by atoms with E-state index in [-0.39, 0.29) is 17.8 Å². The predicted octanol–water partition coefficient (Wildman–Crippen LogP) is 4.06. The number of anilines is 1. The highest BCUT2D eigenvalue weighted by Gasteiger charge is 2.27. The highest BCUT2D eigenvalue weighted by atomic mass is 35.5. The van der Waals surface area contributed by atoms with Gasteiger partial charge in [0.15, 0.2) is 0 Å². The summed E-state index contributed by atoms with van der Waals surface area (Å²) >= 11 is 6.09. The molecule has 24 heavy (non-hydrogen) atoms. The van der Waals surface area contributed by atoms with Crippen molar-refractivity contribution < 1.29 is 14.5 Å². The number of non-ortho nitro benzene ring substituents is 1. The number of hydrogen-bond acceptors (Lipinski definition) is 5. The molecule has 2 rings (SSSR count). The lowest BCUT2D eigenvalue weighted by Crippen LogP contribution is -2.44. The number of nitrogens with one attached hydrogen (secondary N) is 1. The summed E-state index contributed by atoms with van der Waals surface area (Å²) < 4.78 is 5.37. The largest absolute Gasteiger partial charge is 0.444 e. The molecule has 0 atom stereocenters. The van der Waals surface area contributed by atoms with Crippen LogP contribution in [-0.2, 0) is 4.74 Å². The third kappa shape index (κ3) is 4.99. The van der Waals surface area contributed by atoms with Gasteiger partial charge in [0.25, 0.3) is 5.69 Å². The highest BCUT2D eigenvalue weighted by Crippen LogP contribution is 2.28. The molecule has 0 bridgehead atoms. The second-order valence-electron chi connectivity index (χ2n) is 6.81. The van der Waals surface area contributed by atoms with Gasteiger partial charge in [-0.25, -0.2) is 4.79 Å². The molecule has 1 saturated heterocycles. The van der Waals surface area contributed by atoms with Crippen molar-refractivity contribution in [2.45, 2.75) is 45.3 Å².